The average molecular weight is 392 g/mol. The summed E-state index contributed by atoms with van der Waals surface area (Å²) in [6.07, 6.45) is -8.51. The first kappa shape index (κ1) is 20.9. The number of primary amides is 1. The monoisotopic (exact) mass is 392 g/mol. The van der Waals surface area contributed by atoms with Crippen LogP contribution in [-0.2, 0) is 18.9 Å². The SMILES string of the molecule is CCCCn1c(-c2cc(C(F)(F)F)cc(C(F)(F)F)c2)cc(C(N)=O)c1C. The first-order chi connectivity index (χ1) is 12.4. The lowest BCUT2D eigenvalue weighted by Gasteiger charge is -2.16. The molecule has 0 unspecified atom stereocenters. The molecule has 0 saturated carbocycles. The van der Waals surface area contributed by atoms with E-state index in [1.807, 2.05) is 6.92 Å². The van der Waals surface area contributed by atoms with Crippen molar-refractivity contribution in [1.29, 1.82) is 0 Å². The third kappa shape index (κ3) is 4.45. The molecule has 0 atom stereocenters. The summed E-state index contributed by atoms with van der Waals surface area (Å²) in [6, 6.07) is 2.61. The molecule has 1 amide bonds. The molecule has 0 saturated heterocycles. The van der Waals surface area contributed by atoms with E-state index in [0.717, 1.165) is 6.42 Å². The van der Waals surface area contributed by atoms with Crippen molar-refractivity contribution in [3.8, 4) is 11.3 Å². The van der Waals surface area contributed by atoms with Gasteiger partial charge in [0.05, 0.1) is 16.7 Å². The Hall–Kier alpha value is -2.45. The van der Waals surface area contributed by atoms with Crippen LogP contribution in [0.2, 0.25) is 0 Å². The standard InChI is InChI=1S/C18H18F6N2O/c1-3-4-5-26-10(2)14(16(25)27)9-15(26)11-6-12(17(19,20)21)8-13(7-11)18(22,23)24/h6-9H,3-5H2,1-2H3,(H2,25,27). The molecule has 2 rings (SSSR count). The predicted octanol–water partition coefficient (Wildman–Crippen LogP) is 5.40. The molecule has 0 fully saturated rings. The Morgan fingerprint density at radius 2 is 1.52 bits per heavy atom. The third-order valence-electron chi connectivity index (χ3n) is 4.25. The van der Waals surface area contributed by atoms with Crippen LogP contribution in [0, 0.1) is 6.92 Å². The van der Waals surface area contributed by atoms with E-state index >= 15 is 0 Å². The molecule has 148 valence electrons. The van der Waals surface area contributed by atoms with E-state index in [9.17, 15) is 31.1 Å². The lowest BCUT2D eigenvalue weighted by molar-refractivity contribution is -0.143. The Labute approximate surface area is 151 Å². The summed E-state index contributed by atoms with van der Waals surface area (Å²) in [5, 5.41) is 0. The number of benzene rings is 1. The van der Waals surface area contributed by atoms with E-state index in [4.69, 9.17) is 5.73 Å². The molecule has 1 aromatic carbocycles. The zero-order valence-electron chi connectivity index (χ0n) is 14.6. The van der Waals surface area contributed by atoms with Crippen molar-refractivity contribution < 1.29 is 31.1 Å². The summed E-state index contributed by atoms with van der Waals surface area (Å²) >= 11 is 0. The van der Waals surface area contributed by atoms with Gasteiger partial charge in [-0.2, -0.15) is 26.3 Å². The fourth-order valence-corrected chi connectivity index (χ4v) is 2.84. The van der Waals surface area contributed by atoms with E-state index in [1.54, 1.807) is 6.92 Å². The number of nitrogens with two attached hydrogens (primary N) is 1. The van der Waals surface area contributed by atoms with Crippen molar-refractivity contribution in [3.05, 3.63) is 46.6 Å². The maximum Gasteiger partial charge on any atom is 0.416 e. The summed E-state index contributed by atoms with van der Waals surface area (Å²) in [5.41, 5.74) is 2.75. The highest BCUT2D eigenvalue weighted by Gasteiger charge is 2.37. The number of carbonyl (C=O) groups excluding carboxylic acids is 1. The van der Waals surface area contributed by atoms with Gasteiger partial charge in [-0.3, -0.25) is 4.79 Å². The van der Waals surface area contributed by atoms with Crippen molar-refractivity contribution in [2.75, 3.05) is 0 Å². The van der Waals surface area contributed by atoms with Gasteiger partial charge < -0.3 is 10.3 Å². The molecule has 0 bridgehead atoms. The lowest BCUT2D eigenvalue weighted by Crippen LogP contribution is -2.13. The molecule has 0 spiro atoms. The van der Waals surface area contributed by atoms with Gasteiger partial charge in [-0.15, -0.1) is 0 Å². The van der Waals surface area contributed by atoms with Gasteiger partial charge in [0, 0.05) is 17.9 Å². The summed E-state index contributed by atoms with van der Waals surface area (Å²) < 4.78 is 80.2. The highest BCUT2D eigenvalue weighted by atomic mass is 19.4. The third-order valence-corrected chi connectivity index (χ3v) is 4.25. The fourth-order valence-electron chi connectivity index (χ4n) is 2.84. The number of nitrogens with zero attached hydrogens (tertiary/aromatic N) is 1. The van der Waals surface area contributed by atoms with Crippen LogP contribution in [0.1, 0.15) is 46.9 Å². The summed E-state index contributed by atoms with van der Waals surface area (Å²) in [6.45, 7) is 3.78. The van der Waals surface area contributed by atoms with Gasteiger partial charge in [0.1, 0.15) is 0 Å². The van der Waals surface area contributed by atoms with Gasteiger partial charge >= 0.3 is 12.4 Å². The topological polar surface area (TPSA) is 48.0 Å². The summed E-state index contributed by atoms with van der Waals surface area (Å²) in [7, 11) is 0. The summed E-state index contributed by atoms with van der Waals surface area (Å²) in [4.78, 5) is 11.6. The number of hydrogen-bond acceptors (Lipinski definition) is 1. The van der Waals surface area contributed by atoms with Crippen molar-refractivity contribution in [3.63, 3.8) is 0 Å². The first-order valence-electron chi connectivity index (χ1n) is 8.16. The molecule has 2 aromatic rings. The van der Waals surface area contributed by atoms with Gasteiger partial charge in [-0.05, 0) is 43.2 Å². The largest absolute Gasteiger partial charge is 0.416 e. The Balaban J connectivity index is 2.76. The van der Waals surface area contributed by atoms with E-state index < -0.39 is 29.4 Å². The van der Waals surface area contributed by atoms with Gasteiger partial charge in [-0.1, -0.05) is 13.3 Å². The second-order valence-corrected chi connectivity index (χ2v) is 6.19. The van der Waals surface area contributed by atoms with E-state index in [2.05, 4.69) is 0 Å². The molecule has 2 N–H and O–H groups in total. The van der Waals surface area contributed by atoms with E-state index in [-0.39, 0.29) is 22.9 Å². The fraction of sp³-hybridized carbons (Fsp3) is 0.389. The molecule has 0 radical (unpaired) electrons. The number of amides is 1. The maximum atomic E-state index is 13.1. The minimum absolute atomic E-state index is 0.0621. The van der Waals surface area contributed by atoms with Gasteiger partial charge in [0.15, 0.2) is 0 Å². The van der Waals surface area contributed by atoms with Crippen molar-refractivity contribution >= 4 is 5.91 Å². The lowest BCUT2D eigenvalue weighted by atomic mass is 10.0. The number of carbonyl (C=O) groups is 1. The highest BCUT2D eigenvalue weighted by Crippen LogP contribution is 2.39. The van der Waals surface area contributed by atoms with Crippen LogP contribution in [0.5, 0.6) is 0 Å². The van der Waals surface area contributed by atoms with Crippen LogP contribution in [0.3, 0.4) is 0 Å². The van der Waals surface area contributed by atoms with Gasteiger partial charge in [-0.25, -0.2) is 0 Å². The predicted molar refractivity (Wildman–Crippen MR) is 88.0 cm³/mol. The Morgan fingerprint density at radius 1 is 1.00 bits per heavy atom. The van der Waals surface area contributed by atoms with Crippen molar-refractivity contribution in [2.45, 2.75) is 45.6 Å². The number of hydrogen-bond donors (Lipinski definition) is 1. The smallest absolute Gasteiger partial charge is 0.366 e. The van der Waals surface area contributed by atoms with Crippen molar-refractivity contribution in [1.82, 2.24) is 4.57 Å². The molecule has 0 aliphatic heterocycles. The van der Waals surface area contributed by atoms with E-state index in [1.165, 1.54) is 10.6 Å². The molecule has 0 aliphatic carbocycles. The Bertz CT molecular complexity index is 817. The van der Waals surface area contributed by atoms with Crippen LogP contribution in [0.15, 0.2) is 24.3 Å². The molecule has 1 aromatic heterocycles. The van der Waals surface area contributed by atoms with Crippen LogP contribution < -0.4 is 5.73 Å². The zero-order valence-corrected chi connectivity index (χ0v) is 14.6. The molecule has 0 aliphatic rings. The molecule has 1 heterocycles. The second-order valence-electron chi connectivity index (χ2n) is 6.19. The average Bonchev–Trinajstić information content (AvgIpc) is 2.87. The molecular weight excluding hydrogens is 374 g/mol. The van der Waals surface area contributed by atoms with E-state index in [0.29, 0.717) is 30.8 Å². The van der Waals surface area contributed by atoms with Crippen LogP contribution in [-0.4, -0.2) is 10.5 Å². The highest BCUT2D eigenvalue weighted by molar-refractivity contribution is 5.95. The van der Waals surface area contributed by atoms with Crippen molar-refractivity contribution in [2.24, 2.45) is 5.73 Å². The minimum Gasteiger partial charge on any atom is -0.366 e. The molecule has 27 heavy (non-hydrogen) atoms. The van der Waals surface area contributed by atoms with Crippen LogP contribution in [0.4, 0.5) is 26.3 Å². The zero-order chi connectivity index (χ0) is 20.6. The summed E-state index contributed by atoms with van der Waals surface area (Å²) in [5.74, 6) is -0.799. The Kier molecular flexibility index (Phi) is 5.63. The maximum absolute atomic E-state index is 13.1. The second kappa shape index (κ2) is 7.28. The number of unbranched alkanes of at least 4 members (excludes halogenated alkanes) is 1. The number of rotatable bonds is 5. The first-order valence-corrected chi connectivity index (χ1v) is 8.16. The molecular formula is C18H18F6N2O. The Morgan fingerprint density at radius 3 is 1.93 bits per heavy atom. The normalized spacial score (nSPS) is 12.4. The minimum atomic E-state index is -4.95. The molecule has 9 heteroatoms. The number of aromatic nitrogens is 1. The number of alkyl halides is 6. The van der Waals surface area contributed by atoms with Gasteiger partial charge in [0.2, 0.25) is 0 Å². The van der Waals surface area contributed by atoms with Crippen LogP contribution in [0.25, 0.3) is 11.3 Å². The number of halogens is 6. The quantitative estimate of drug-likeness (QED) is 0.681. The van der Waals surface area contributed by atoms with Gasteiger partial charge in [0.25, 0.3) is 5.91 Å². The van der Waals surface area contributed by atoms with Crippen LogP contribution >= 0.6 is 0 Å². The molecule has 3 nitrogen and oxygen atoms in total.